The van der Waals surface area contributed by atoms with Crippen molar-refractivity contribution in [2.75, 3.05) is 13.1 Å². The van der Waals surface area contributed by atoms with Crippen LogP contribution in [-0.4, -0.2) is 33.9 Å². The van der Waals surface area contributed by atoms with Crippen LogP contribution in [0.15, 0.2) is 72.0 Å². The highest BCUT2D eigenvalue weighted by Gasteiger charge is 2.07. The number of nitrogens with zero attached hydrogens (tertiary/aromatic N) is 3. The molecule has 3 aromatic rings. The molecular weight excluding hydrogens is 386 g/mol. The monoisotopic (exact) mass is 411 g/mol. The van der Waals surface area contributed by atoms with Gasteiger partial charge in [0.1, 0.15) is 0 Å². The van der Waals surface area contributed by atoms with E-state index in [1.54, 1.807) is 10.9 Å². The molecule has 0 spiro atoms. The zero-order chi connectivity index (χ0) is 20.5. The Labute approximate surface area is 176 Å². The van der Waals surface area contributed by atoms with Gasteiger partial charge in [0.05, 0.1) is 24.5 Å². The maximum absolute atomic E-state index is 10.3. The van der Waals surface area contributed by atoms with Crippen molar-refractivity contribution in [1.82, 2.24) is 20.4 Å². The fourth-order valence-electron chi connectivity index (χ4n) is 2.86. The van der Waals surface area contributed by atoms with Crippen LogP contribution >= 0.6 is 11.6 Å². The number of hydrogen-bond donors (Lipinski definition) is 3. The molecule has 6 nitrogen and oxygen atoms in total. The lowest BCUT2D eigenvalue weighted by Gasteiger charge is -2.14. The number of aliphatic hydroxyl groups excluding tert-OH is 1. The van der Waals surface area contributed by atoms with Crippen LogP contribution < -0.4 is 10.6 Å². The zero-order valence-corrected chi connectivity index (χ0v) is 17.2. The Balaban J connectivity index is 1.54. The number of aliphatic hydroxyl groups is 1. The quantitative estimate of drug-likeness (QED) is 0.390. The molecule has 0 radical (unpaired) electrons. The van der Waals surface area contributed by atoms with Crippen LogP contribution in [0.3, 0.4) is 0 Å². The van der Waals surface area contributed by atoms with Crippen molar-refractivity contribution >= 4 is 17.6 Å². The first kappa shape index (κ1) is 20.9. The largest absolute Gasteiger partial charge is 0.388 e. The number of aliphatic imine (C=N–C) groups is 1. The average molecular weight is 412 g/mol. The number of guanidine groups is 1. The Bertz CT molecular complexity index is 908. The summed E-state index contributed by atoms with van der Waals surface area (Å²) >= 11 is 5.94. The summed E-state index contributed by atoms with van der Waals surface area (Å²) in [5.41, 5.74) is 2.87. The van der Waals surface area contributed by atoms with Gasteiger partial charge in [0.2, 0.25) is 0 Å². The molecule has 0 aliphatic heterocycles. The summed E-state index contributed by atoms with van der Waals surface area (Å²) in [6.45, 7) is 3.90. The summed E-state index contributed by atoms with van der Waals surface area (Å²) in [7, 11) is 0. The molecule has 0 saturated heterocycles. The summed E-state index contributed by atoms with van der Waals surface area (Å²) in [4.78, 5) is 4.61. The van der Waals surface area contributed by atoms with Gasteiger partial charge in [-0.25, -0.2) is 9.67 Å². The Morgan fingerprint density at radius 2 is 1.90 bits per heavy atom. The van der Waals surface area contributed by atoms with Gasteiger partial charge in [-0.15, -0.1) is 0 Å². The molecule has 3 N–H and O–H groups in total. The fraction of sp³-hybridized carbons (Fsp3) is 0.273. The van der Waals surface area contributed by atoms with E-state index < -0.39 is 6.10 Å². The van der Waals surface area contributed by atoms with Crippen molar-refractivity contribution < 1.29 is 5.11 Å². The highest BCUT2D eigenvalue weighted by Crippen LogP contribution is 2.15. The molecular formula is C22H26ClN5O. The first-order valence-corrected chi connectivity index (χ1v) is 10.1. The topological polar surface area (TPSA) is 74.5 Å². The molecule has 3 rings (SSSR count). The zero-order valence-electron chi connectivity index (χ0n) is 16.4. The minimum atomic E-state index is -0.496. The van der Waals surface area contributed by atoms with E-state index in [0.29, 0.717) is 30.5 Å². The van der Waals surface area contributed by atoms with Gasteiger partial charge in [-0.2, -0.15) is 5.10 Å². The summed E-state index contributed by atoms with van der Waals surface area (Å²) < 4.78 is 1.80. The Kier molecular flexibility index (Phi) is 7.67. The highest BCUT2D eigenvalue weighted by atomic mass is 35.5. The average Bonchev–Trinajstić information content (AvgIpc) is 3.22. The molecule has 0 aliphatic rings. The predicted molar refractivity (Wildman–Crippen MR) is 117 cm³/mol. The second-order valence-electron chi connectivity index (χ2n) is 6.61. The number of aromatic nitrogens is 2. The van der Waals surface area contributed by atoms with Gasteiger partial charge in [0.25, 0.3) is 0 Å². The van der Waals surface area contributed by atoms with E-state index in [1.165, 1.54) is 0 Å². The number of hydrogen-bond acceptors (Lipinski definition) is 3. The van der Waals surface area contributed by atoms with Gasteiger partial charge in [-0.3, -0.25) is 0 Å². The summed E-state index contributed by atoms with van der Waals surface area (Å²) in [5.74, 6) is 0.715. The second kappa shape index (κ2) is 10.6. The third-order valence-corrected chi connectivity index (χ3v) is 4.64. The van der Waals surface area contributed by atoms with Gasteiger partial charge >= 0.3 is 0 Å². The van der Waals surface area contributed by atoms with Gasteiger partial charge in [0, 0.05) is 29.9 Å². The lowest BCUT2D eigenvalue weighted by Crippen LogP contribution is -2.38. The molecule has 0 aliphatic carbocycles. The molecule has 152 valence electrons. The fourth-order valence-corrected chi connectivity index (χ4v) is 2.98. The molecule has 7 heteroatoms. The Morgan fingerprint density at radius 1 is 1.14 bits per heavy atom. The molecule has 1 aromatic heterocycles. The van der Waals surface area contributed by atoms with Crippen molar-refractivity contribution in [3.8, 4) is 5.69 Å². The lowest BCUT2D eigenvalue weighted by molar-refractivity contribution is 0.168. The minimum absolute atomic E-state index is 0.496. The third kappa shape index (κ3) is 6.34. The lowest BCUT2D eigenvalue weighted by atomic mass is 10.1. The Morgan fingerprint density at radius 3 is 2.62 bits per heavy atom. The van der Waals surface area contributed by atoms with Gasteiger partial charge in [-0.1, -0.05) is 41.9 Å². The number of rotatable bonds is 8. The third-order valence-electron chi connectivity index (χ3n) is 4.39. The van der Waals surface area contributed by atoms with Crippen LogP contribution in [0.5, 0.6) is 0 Å². The summed E-state index contributed by atoms with van der Waals surface area (Å²) in [5, 5.41) is 21.9. The van der Waals surface area contributed by atoms with Crippen molar-refractivity contribution in [2.45, 2.75) is 26.0 Å². The first-order chi connectivity index (χ1) is 14.2. The molecule has 1 atom stereocenters. The molecule has 0 saturated carbocycles. The SMILES string of the molecule is CCNC(=NCc1cnn(-c2ccc(Cl)cc2)c1)NCCC(O)c1ccccc1. The molecule has 1 unspecified atom stereocenters. The van der Waals surface area contributed by atoms with Crippen molar-refractivity contribution in [3.05, 3.63) is 83.1 Å². The van der Waals surface area contributed by atoms with Crippen LogP contribution in [0.1, 0.15) is 30.6 Å². The number of halogens is 1. The van der Waals surface area contributed by atoms with Crippen LogP contribution in [0.2, 0.25) is 5.02 Å². The first-order valence-electron chi connectivity index (χ1n) is 9.70. The maximum atomic E-state index is 10.3. The summed E-state index contributed by atoms with van der Waals surface area (Å²) in [6.07, 6.45) is 3.86. The van der Waals surface area contributed by atoms with Gasteiger partial charge < -0.3 is 15.7 Å². The number of benzene rings is 2. The van der Waals surface area contributed by atoms with Crippen molar-refractivity contribution in [3.63, 3.8) is 0 Å². The molecule has 0 bridgehead atoms. The molecule has 1 heterocycles. The molecule has 0 fully saturated rings. The van der Waals surface area contributed by atoms with E-state index in [0.717, 1.165) is 23.4 Å². The van der Waals surface area contributed by atoms with Crippen molar-refractivity contribution in [1.29, 1.82) is 0 Å². The number of nitrogens with one attached hydrogen (secondary N) is 2. The van der Waals surface area contributed by atoms with Crippen LogP contribution in [0.4, 0.5) is 0 Å². The smallest absolute Gasteiger partial charge is 0.191 e. The highest BCUT2D eigenvalue weighted by molar-refractivity contribution is 6.30. The van der Waals surface area contributed by atoms with Crippen molar-refractivity contribution in [2.24, 2.45) is 4.99 Å². The van der Waals surface area contributed by atoms with E-state index in [1.807, 2.05) is 67.7 Å². The van der Waals surface area contributed by atoms with Crippen LogP contribution in [-0.2, 0) is 6.54 Å². The van der Waals surface area contributed by atoms with Gasteiger partial charge in [0.15, 0.2) is 5.96 Å². The van der Waals surface area contributed by atoms with Gasteiger partial charge in [-0.05, 0) is 43.2 Å². The van der Waals surface area contributed by atoms with E-state index >= 15 is 0 Å². The van der Waals surface area contributed by atoms with Crippen LogP contribution in [0.25, 0.3) is 5.69 Å². The predicted octanol–water partition coefficient (Wildman–Crippen LogP) is 3.70. The molecule has 2 aromatic carbocycles. The van der Waals surface area contributed by atoms with E-state index in [2.05, 4.69) is 20.7 Å². The minimum Gasteiger partial charge on any atom is -0.388 e. The molecule has 29 heavy (non-hydrogen) atoms. The second-order valence-corrected chi connectivity index (χ2v) is 7.04. The Hall–Kier alpha value is -2.83. The normalized spacial score (nSPS) is 12.6. The maximum Gasteiger partial charge on any atom is 0.191 e. The molecule has 0 amide bonds. The van der Waals surface area contributed by atoms with E-state index in [4.69, 9.17) is 11.6 Å². The standard InChI is InChI=1S/C22H26ClN5O/c1-2-24-22(25-13-12-21(29)18-6-4-3-5-7-18)26-14-17-15-27-28(16-17)20-10-8-19(23)9-11-20/h3-11,15-16,21,29H,2,12-14H2,1H3,(H2,24,25,26). The summed E-state index contributed by atoms with van der Waals surface area (Å²) in [6, 6.07) is 17.2. The van der Waals surface area contributed by atoms with E-state index in [-0.39, 0.29) is 0 Å². The van der Waals surface area contributed by atoms with E-state index in [9.17, 15) is 5.11 Å². The van der Waals surface area contributed by atoms with Crippen LogP contribution in [0, 0.1) is 0 Å².